The Kier molecular flexibility index (Phi) is 7.72. The van der Waals surface area contributed by atoms with Crippen LogP contribution < -0.4 is 4.74 Å². The van der Waals surface area contributed by atoms with Gasteiger partial charge >= 0.3 is 5.97 Å². The van der Waals surface area contributed by atoms with Gasteiger partial charge in [-0.15, -0.1) is 0 Å². The van der Waals surface area contributed by atoms with Crippen molar-refractivity contribution in [3.8, 4) is 5.75 Å². The number of carbonyl (C=O) groups is 1. The maximum absolute atomic E-state index is 14.6. The highest BCUT2D eigenvalue weighted by molar-refractivity contribution is 6.34. The molecule has 5 nitrogen and oxygen atoms in total. The summed E-state index contributed by atoms with van der Waals surface area (Å²) in [5.41, 5.74) is 1.63. The fraction of sp³-hybridized carbons (Fsp3) is 0.500. The van der Waals surface area contributed by atoms with Crippen molar-refractivity contribution in [3.05, 3.63) is 62.9 Å². The van der Waals surface area contributed by atoms with E-state index < -0.39 is 11.8 Å². The van der Waals surface area contributed by atoms with E-state index in [-0.39, 0.29) is 23.6 Å². The number of halogens is 3. The summed E-state index contributed by atoms with van der Waals surface area (Å²) in [6, 6.07) is 8.10. The lowest BCUT2D eigenvalue weighted by Gasteiger charge is -2.42. The van der Waals surface area contributed by atoms with Crippen LogP contribution in [0.1, 0.15) is 66.1 Å². The van der Waals surface area contributed by atoms with Gasteiger partial charge in [-0.1, -0.05) is 30.1 Å². The Morgan fingerprint density at radius 2 is 1.82 bits per heavy atom. The molecule has 34 heavy (non-hydrogen) atoms. The fourth-order valence-corrected chi connectivity index (χ4v) is 5.19. The molecule has 0 amide bonds. The number of ether oxygens (including phenoxy) is 2. The van der Waals surface area contributed by atoms with E-state index >= 15 is 0 Å². The molecule has 1 saturated heterocycles. The molecule has 0 radical (unpaired) electrons. The molecule has 1 unspecified atom stereocenters. The molecule has 1 aliphatic heterocycles. The van der Waals surface area contributed by atoms with Gasteiger partial charge in [-0.3, -0.25) is 4.90 Å². The van der Waals surface area contributed by atoms with Crippen LogP contribution in [0.25, 0.3) is 0 Å². The largest absolute Gasteiger partial charge is 0.493 e. The first-order valence-corrected chi connectivity index (χ1v) is 12.3. The number of esters is 1. The molecule has 2 aromatic rings. The monoisotopic (exact) mass is 509 g/mol. The average molecular weight is 510 g/mol. The van der Waals surface area contributed by atoms with Crippen molar-refractivity contribution in [1.29, 1.82) is 0 Å². The molecule has 1 N–H and O–H groups in total. The third-order valence-corrected chi connectivity index (χ3v) is 7.42. The third-order valence-electron chi connectivity index (χ3n) is 6.99. The first kappa shape index (κ1) is 25.2. The Morgan fingerprint density at radius 1 is 1.18 bits per heavy atom. The van der Waals surface area contributed by atoms with Gasteiger partial charge in [0.1, 0.15) is 11.6 Å². The lowest BCUT2D eigenvalue weighted by Crippen LogP contribution is -2.44. The number of likely N-dealkylation sites (tertiary alicyclic amines) is 1. The van der Waals surface area contributed by atoms with E-state index in [4.69, 9.17) is 32.7 Å². The minimum Gasteiger partial charge on any atom is -0.493 e. The lowest BCUT2D eigenvalue weighted by atomic mass is 9.80. The molecular weight excluding hydrogens is 480 g/mol. The molecule has 0 aromatic heterocycles. The Balaban J connectivity index is 1.42. The number of methoxy groups -OCH3 is 1. The number of aliphatic hydroxyl groups is 1. The number of piperidine rings is 1. The van der Waals surface area contributed by atoms with Crippen molar-refractivity contribution in [2.24, 2.45) is 5.41 Å². The Morgan fingerprint density at radius 3 is 2.38 bits per heavy atom. The molecule has 1 atom stereocenters. The molecule has 8 heteroatoms. The van der Waals surface area contributed by atoms with E-state index in [0.717, 1.165) is 49.9 Å². The SMILES string of the molecule is COC(=O)c1cc(C2CC2)c(OCC2(C)CCN(C(CO)c3cc(Cl)cc(Cl)c3)CC2)cc1F. The zero-order chi connectivity index (χ0) is 24.5. The van der Waals surface area contributed by atoms with Crippen LogP contribution in [0.5, 0.6) is 5.75 Å². The molecule has 1 heterocycles. The van der Waals surface area contributed by atoms with Gasteiger partial charge in [0.15, 0.2) is 0 Å². The molecule has 2 fully saturated rings. The number of hydrogen-bond acceptors (Lipinski definition) is 5. The van der Waals surface area contributed by atoms with E-state index in [1.165, 1.54) is 13.2 Å². The summed E-state index contributed by atoms with van der Waals surface area (Å²) >= 11 is 12.3. The maximum Gasteiger partial charge on any atom is 0.340 e. The van der Waals surface area contributed by atoms with E-state index in [1.807, 2.05) is 12.1 Å². The predicted molar refractivity (Wildman–Crippen MR) is 130 cm³/mol. The number of aliphatic hydroxyl groups excluding tert-OH is 1. The summed E-state index contributed by atoms with van der Waals surface area (Å²) in [7, 11) is 1.25. The van der Waals surface area contributed by atoms with Gasteiger partial charge in [0.2, 0.25) is 0 Å². The first-order chi connectivity index (χ1) is 16.2. The number of carbonyl (C=O) groups excluding carboxylic acids is 1. The minimum absolute atomic E-state index is 0.0273. The van der Waals surface area contributed by atoms with Gasteiger partial charge in [0.05, 0.1) is 31.9 Å². The minimum atomic E-state index is -0.676. The maximum atomic E-state index is 14.6. The summed E-state index contributed by atoms with van der Waals surface area (Å²) in [6.07, 6.45) is 3.73. The van der Waals surface area contributed by atoms with E-state index in [1.54, 1.807) is 12.1 Å². The fourth-order valence-electron chi connectivity index (χ4n) is 4.65. The average Bonchev–Trinajstić information content (AvgIpc) is 3.64. The Hall–Kier alpha value is -1.86. The van der Waals surface area contributed by atoms with Crippen LogP contribution in [0.2, 0.25) is 10.0 Å². The molecular formula is C26H30Cl2FNO4. The van der Waals surface area contributed by atoms with Crippen molar-refractivity contribution in [2.45, 2.75) is 44.6 Å². The van der Waals surface area contributed by atoms with Crippen molar-refractivity contribution < 1.29 is 23.8 Å². The van der Waals surface area contributed by atoms with Crippen LogP contribution >= 0.6 is 23.2 Å². The molecule has 2 aliphatic rings. The van der Waals surface area contributed by atoms with Crippen molar-refractivity contribution in [3.63, 3.8) is 0 Å². The van der Waals surface area contributed by atoms with Gasteiger partial charge in [0, 0.05) is 21.5 Å². The number of nitrogens with zero attached hydrogens (tertiary/aromatic N) is 1. The van der Waals surface area contributed by atoms with Crippen LogP contribution in [0.3, 0.4) is 0 Å². The van der Waals surface area contributed by atoms with Gasteiger partial charge in [-0.05, 0) is 80.1 Å². The topological polar surface area (TPSA) is 59.0 Å². The van der Waals surface area contributed by atoms with Gasteiger partial charge in [-0.2, -0.15) is 0 Å². The molecule has 2 aromatic carbocycles. The summed E-state index contributed by atoms with van der Waals surface area (Å²) in [5.74, 6) is -0.497. The van der Waals surface area contributed by atoms with Gasteiger partial charge < -0.3 is 14.6 Å². The third kappa shape index (κ3) is 5.68. The summed E-state index contributed by atoms with van der Waals surface area (Å²) in [6.45, 7) is 4.15. The molecule has 0 bridgehead atoms. The van der Waals surface area contributed by atoms with E-state index in [9.17, 15) is 14.3 Å². The zero-order valence-electron chi connectivity index (χ0n) is 19.5. The van der Waals surface area contributed by atoms with Gasteiger partial charge in [-0.25, -0.2) is 9.18 Å². The summed E-state index contributed by atoms with van der Waals surface area (Å²) < 4.78 is 25.5. The molecule has 1 aliphatic carbocycles. The highest BCUT2D eigenvalue weighted by Crippen LogP contribution is 2.46. The molecule has 4 rings (SSSR count). The lowest BCUT2D eigenvalue weighted by molar-refractivity contribution is 0.0305. The van der Waals surface area contributed by atoms with Gasteiger partial charge in [0.25, 0.3) is 0 Å². The van der Waals surface area contributed by atoms with Crippen LogP contribution in [0.15, 0.2) is 30.3 Å². The summed E-state index contributed by atoms with van der Waals surface area (Å²) in [5, 5.41) is 11.2. The summed E-state index contributed by atoms with van der Waals surface area (Å²) in [4.78, 5) is 14.1. The van der Waals surface area contributed by atoms with Crippen molar-refractivity contribution in [2.75, 3.05) is 33.4 Å². The number of rotatable bonds is 8. The van der Waals surface area contributed by atoms with Crippen LogP contribution in [0.4, 0.5) is 4.39 Å². The van der Waals surface area contributed by atoms with E-state index in [2.05, 4.69) is 11.8 Å². The molecule has 1 saturated carbocycles. The first-order valence-electron chi connectivity index (χ1n) is 11.6. The van der Waals surface area contributed by atoms with Crippen LogP contribution in [0, 0.1) is 11.2 Å². The molecule has 184 valence electrons. The predicted octanol–water partition coefficient (Wildman–Crippen LogP) is 6.01. The second-order valence-corrected chi connectivity index (χ2v) is 10.5. The Bertz CT molecular complexity index is 1030. The van der Waals surface area contributed by atoms with Crippen molar-refractivity contribution >= 4 is 29.2 Å². The highest BCUT2D eigenvalue weighted by Gasteiger charge is 2.35. The number of hydrogen-bond donors (Lipinski definition) is 1. The highest BCUT2D eigenvalue weighted by atomic mass is 35.5. The second-order valence-electron chi connectivity index (χ2n) is 9.67. The zero-order valence-corrected chi connectivity index (χ0v) is 21.0. The Labute approximate surface area is 209 Å². The smallest absolute Gasteiger partial charge is 0.340 e. The normalized spacial score (nSPS) is 19.0. The molecule has 0 spiro atoms. The standard InChI is InChI=1S/C26H30Cl2FNO4/c1-26(5-7-30(8-6-26)23(14-31)17-9-18(27)11-19(28)10-17)15-34-24-13-22(29)21(25(32)33-2)12-20(24)16-3-4-16/h9-13,16,23,31H,3-8,14-15H2,1-2H3. The van der Waals surface area contributed by atoms with E-state index in [0.29, 0.717) is 28.3 Å². The van der Waals surface area contributed by atoms with Crippen molar-refractivity contribution in [1.82, 2.24) is 4.90 Å². The van der Waals surface area contributed by atoms with Crippen LogP contribution in [-0.4, -0.2) is 49.4 Å². The quantitative estimate of drug-likeness (QED) is 0.441. The van der Waals surface area contributed by atoms with Crippen LogP contribution in [-0.2, 0) is 4.74 Å². The second kappa shape index (κ2) is 10.4. The number of benzene rings is 2.